The highest BCUT2D eigenvalue weighted by atomic mass is 16.5. The molecule has 0 aliphatic heterocycles. The van der Waals surface area contributed by atoms with E-state index in [1.54, 1.807) is 0 Å². The molecule has 2 aromatic rings. The van der Waals surface area contributed by atoms with Gasteiger partial charge in [0, 0.05) is 11.6 Å². The van der Waals surface area contributed by atoms with Gasteiger partial charge in [-0.1, -0.05) is 49.4 Å². The molecule has 2 nitrogen and oxygen atoms in total. The van der Waals surface area contributed by atoms with E-state index in [9.17, 15) is 0 Å². The maximum absolute atomic E-state index is 6.01. The van der Waals surface area contributed by atoms with E-state index in [1.165, 1.54) is 11.1 Å². The maximum Gasteiger partial charge on any atom is 0.127 e. The van der Waals surface area contributed by atoms with E-state index in [1.807, 2.05) is 19.1 Å². The lowest BCUT2D eigenvalue weighted by Crippen LogP contribution is -2.09. The van der Waals surface area contributed by atoms with Crippen LogP contribution in [0.15, 0.2) is 42.5 Å². The zero-order chi connectivity index (χ0) is 14.5. The van der Waals surface area contributed by atoms with Gasteiger partial charge in [-0.05, 0) is 37.0 Å². The van der Waals surface area contributed by atoms with Crippen molar-refractivity contribution in [2.24, 2.45) is 5.73 Å². The third-order valence-electron chi connectivity index (χ3n) is 3.55. The van der Waals surface area contributed by atoms with E-state index < -0.39 is 0 Å². The Morgan fingerprint density at radius 3 is 2.30 bits per heavy atom. The van der Waals surface area contributed by atoms with Crippen molar-refractivity contribution in [2.45, 2.75) is 39.8 Å². The molecular weight excluding hydrogens is 246 g/mol. The van der Waals surface area contributed by atoms with Crippen molar-refractivity contribution in [3.8, 4) is 5.75 Å². The number of benzene rings is 2. The summed E-state index contributed by atoms with van der Waals surface area (Å²) in [7, 11) is 0. The van der Waals surface area contributed by atoms with E-state index in [2.05, 4.69) is 44.2 Å². The molecule has 0 fully saturated rings. The average Bonchev–Trinajstić information content (AvgIpc) is 2.46. The predicted octanol–water partition coefficient (Wildman–Crippen LogP) is 4.16. The number of hydrogen-bond acceptors (Lipinski definition) is 2. The molecule has 0 aliphatic carbocycles. The Bertz CT molecular complexity index is 558. The van der Waals surface area contributed by atoms with Crippen molar-refractivity contribution in [3.63, 3.8) is 0 Å². The van der Waals surface area contributed by atoms with Crippen LogP contribution in [-0.2, 0) is 13.0 Å². The Labute approximate surface area is 121 Å². The molecule has 2 aromatic carbocycles. The fourth-order valence-electron chi connectivity index (χ4n) is 2.26. The highest BCUT2D eigenvalue weighted by Gasteiger charge is 2.10. The summed E-state index contributed by atoms with van der Waals surface area (Å²) in [5.41, 5.74) is 10.7. The highest BCUT2D eigenvalue weighted by molar-refractivity contribution is 5.42. The van der Waals surface area contributed by atoms with E-state index in [-0.39, 0.29) is 6.04 Å². The number of hydrogen-bond donors (Lipinski definition) is 1. The van der Waals surface area contributed by atoms with Crippen LogP contribution in [0, 0.1) is 6.92 Å². The molecule has 0 radical (unpaired) electrons. The van der Waals surface area contributed by atoms with Gasteiger partial charge in [0.05, 0.1) is 0 Å². The lowest BCUT2D eigenvalue weighted by Gasteiger charge is -2.16. The first-order valence-electron chi connectivity index (χ1n) is 7.17. The second-order valence-electron chi connectivity index (χ2n) is 5.24. The van der Waals surface area contributed by atoms with Crippen LogP contribution in [0.25, 0.3) is 0 Å². The molecule has 0 aliphatic rings. The Morgan fingerprint density at radius 1 is 1.05 bits per heavy atom. The molecule has 1 unspecified atom stereocenters. The summed E-state index contributed by atoms with van der Waals surface area (Å²) in [5.74, 6) is 0.919. The topological polar surface area (TPSA) is 35.2 Å². The van der Waals surface area contributed by atoms with Crippen LogP contribution in [-0.4, -0.2) is 0 Å². The summed E-state index contributed by atoms with van der Waals surface area (Å²) in [5, 5.41) is 0. The molecule has 0 spiro atoms. The zero-order valence-corrected chi connectivity index (χ0v) is 12.5. The van der Waals surface area contributed by atoms with Gasteiger partial charge in [-0.2, -0.15) is 0 Å². The van der Waals surface area contributed by atoms with Gasteiger partial charge in [0.2, 0.25) is 0 Å². The minimum atomic E-state index is -0.0210. The number of nitrogens with two attached hydrogens (primary N) is 1. The molecule has 0 amide bonds. The minimum absolute atomic E-state index is 0.0210. The molecule has 20 heavy (non-hydrogen) atoms. The molecule has 1 atom stereocenters. The lowest BCUT2D eigenvalue weighted by molar-refractivity contribution is 0.299. The summed E-state index contributed by atoms with van der Waals surface area (Å²) >= 11 is 0. The van der Waals surface area contributed by atoms with Gasteiger partial charge in [0.15, 0.2) is 0 Å². The smallest absolute Gasteiger partial charge is 0.127 e. The van der Waals surface area contributed by atoms with Crippen molar-refractivity contribution < 1.29 is 4.74 Å². The zero-order valence-electron chi connectivity index (χ0n) is 12.5. The van der Waals surface area contributed by atoms with Gasteiger partial charge in [-0.25, -0.2) is 0 Å². The standard InChI is InChI=1S/C18H23NO/c1-4-15-8-10-16(11-9-15)12-20-18-13(2)6-5-7-17(18)14(3)19/h5-11,14H,4,12,19H2,1-3H3. The molecule has 2 N–H and O–H groups in total. The van der Waals surface area contributed by atoms with Gasteiger partial charge in [0.1, 0.15) is 12.4 Å². The van der Waals surface area contributed by atoms with Crippen LogP contribution in [0.5, 0.6) is 5.75 Å². The third-order valence-corrected chi connectivity index (χ3v) is 3.55. The fourth-order valence-corrected chi connectivity index (χ4v) is 2.26. The van der Waals surface area contributed by atoms with E-state index in [0.29, 0.717) is 6.61 Å². The van der Waals surface area contributed by atoms with E-state index in [0.717, 1.165) is 23.3 Å². The van der Waals surface area contributed by atoms with Crippen LogP contribution in [0.1, 0.15) is 42.1 Å². The first-order chi connectivity index (χ1) is 9.61. The quantitative estimate of drug-likeness (QED) is 0.884. The van der Waals surface area contributed by atoms with Gasteiger partial charge < -0.3 is 10.5 Å². The highest BCUT2D eigenvalue weighted by Crippen LogP contribution is 2.28. The Hall–Kier alpha value is -1.80. The van der Waals surface area contributed by atoms with Gasteiger partial charge in [0.25, 0.3) is 0 Å². The predicted molar refractivity (Wildman–Crippen MR) is 83.9 cm³/mol. The normalized spacial score (nSPS) is 12.2. The van der Waals surface area contributed by atoms with Crippen molar-refractivity contribution in [1.29, 1.82) is 0 Å². The van der Waals surface area contributed by atoms with Crippen LogP contribution < -0.4 is 10.5 Å². The van der Waals surface area contributed by atoms with Gasteiger partial charge in [-0.15, -0.1) is 0 Å². The number of rotatable bonds is 5. The summed E-state index contributed by atoms with van der Waals surface area (Å²) in [6, 6.07) is 14.7. The second-order valence-corrected chi connectivity index (χ2v) is 5.24. The van der Waals surface area contributed by atoms with E-state index in [4.69, 9.17) is 10.5 Å². The molecule has 0 bridgehead atoms. The molecule has 2 rings (SSSR count). The molecule has 2 heteroatoms. The average molecular weight is 269 g/mol. The Morgan fingerprint density at radius 2 is 1.70 bits per heavy atom. The molecule has 0 aromatic heterocycles. The van der Waals surface area contributed by atoms with Gasteiger partial charge in [-0.3, -0.25) is 0 Å². The second kappa shape index (κ2) is 6.58. The summed E-state index contributed by atoms with van der Waals surface area (Å²) in [4.78, 5) is 0. The van der Waals surface area contributed by atoms with Crippen molar-refractivity contribution in [3.05, 3.63) is 64.7 Å². The molecule has 0 heterocycles. The van der Waals surface area contributed by atoms with Crippen molar-refractivity contribution in [1.82, 2.24) is 0 Å². The molecule has 106 valence electrons. The number of ether oxygens (including phenoxy) is 1. The monoisotopic (exact) mass is 269 g/mol. The van der Waals surface area contributed by atoms with Gasteiger partial charge >= 0.3 is 0 Å². The summed E-state index contributed by atoms with van der Waals surface area (Å²) in [6.45, 7) is 6.78. The Balaban J connectivity index is 2.13. The van der Waals surface area contributed by atoms with Crippen LogP contribution in [0.2, 0.25) is 0 Å². The minimum Gasteiger partial charge on any atom is -0.488 e. The Kier molecular flexibility index (Phi) is 4.80. The fraction of sp³-hybridized carbons (Fsp3) is 0.333. The lowest BCUT2D eigenvalue weighted by atomic mass is 10.0. The van der Waals surface area contributed by atoms with E-state index >= 15 is 0 Å². The van der Waals surface area contributed by atoms with Crippen LogP contribution >= 0.6 is 0 Å². The SMILES string of the molecule is CCc1ccc(COc2c(C)cccc2C(C)N)cc1. The van der Waals surface area contributed by atoms with Crippen LogP contribution in [0.4, 0.5) is 0 Å². The van der Waals surface area contributed by atoms with Crippen molar-refractivity contribution >= 4 is 0 Å². The maximum atomic E-state index is 6.01. The molecule has 0 saturated heterocycles. The molecular formula is C18H23NO. The molecule has 0 saturated carbocycles. The first kappa shape index (κ1) is 14.6. The third kappa shape index (κ3) is 3.40. The summed E-state index contributed by atoms with van der Waals surface area (Å²) < 4.78 is 6.01. The van der Waals surface area contributed by atoms with Crippen LogP contribution in [0.3, 0.4) is 0 Å². The first-order valence-corrected chi connectivity index (χ1v) is 7.17. The van der Waals surface area contributed by atoms with Crippen molar-refractivity contribution in [2.75, 3.05) is 0 Å². The summed E-state index contributed by atoms with van der Waals surface area (Å²) in [6.07, 6.45) is 1.06. The number of para-hydroxylation sites is 1. The largest absolute Gasteiger partial charge is 0.488 e. The number of aryl methyl sites for hydroxylation is 2.